The fourth-order valence-electron chi connectivity index (χ4n) is 1.15. The first-order valence-electron chi connectivity index (χ1n) is 4.53. The number of hydrogen-bond acceptors (Lipinski definition) is 3. The van der Waals surface area contributed by atoms with E-state index >= 15 is 0 Å². The third kappa shape index (κ3) is 3.60. The van der Waals surface area contributed by atoms with E-state index in [1.165, 1.54) is 6.92 Å². The Morgan fingerprint density at radius 2 is 2.14 bits per heavy atom. The Balaban J connectivity index is 4.59. The molecule has 0 aliphatic rings. The molecule has 1 unspecified atom stereocenters. The Hall–Kier alpha value is -1.32. The molecule has 4 nitrogen and oxygen atoms in total. The number of rotatable bonds is 5. The van der Waals surface area contributed by atoms with Crippen LogP contribution in [0.25, 0.3) is 0 Å². The van der Waals surface area contributed by atoms with Crippen molar-refractivity contribution >= 4 is 11.9 Å². The number of carbonyl (C=O) groups is 2. The van der Waals surface area contributed by atoms with Crippen LogP contribution in [0.3, 0.4) is 0 Å². The number of nitrogens with one attached hydrogen (secondary N) is 1. The SMILES string of the molecule is C=CCC(C)(NC(C)=O)C(=O)OCC. The molecule has 0 saturated heterocycles. The van der Waals surface area contributed by atoms with Crippen molar-refractivity contribution in [3.8, 4) is 0 Å². The molecule has 0 aromatic heterocycles. The van der Waals surface area contributed by atoms with E-state index in [4.69, 9.17) is 4.74 Å². The molecular weight excluding hydrogens is 182 g/mol. The summed E-state index contributed by atoms with van der Waals surface area (Å²) in [6.07, 6.45) is 1.93. The Bertz CT molecular complexity index is 238. The van der Waals surface area contributed by atoms with Crippen LogP contribution in [0, 0.1) is 0 Å². The lowest BCUT2D eigenvalue weighted by Gasteiger charge is -2.26. The first-order chi connectivity index (χ1) is 6.46. The quantitative estimate of drug-likeness (QED) is 0.531. The van der Waals surface area contributed by atoms with E-state index in [9.17, 15) is 9.59 Å². The van der Waals surface area contributed by atoms with Crippen LogP contribution in [-0.4, -0.2) is 24.0 Å². The molecule has 1 N–H and O–H groups in total. The highest BCUT2D eigenvalue weighted by Gasteiger charge is 2.34. The van der Waals surface area contributed by atoms with E-state index in [-0.39, 0.29) is 5.91 Å². The molecule has 0 aliphatic carbocycles. The van der Waals surface area contributed by atoms with Crippen molar-refractivity contribution in [3.63, 3.8) is 0 Å². The van der Waals surface area contributed by atoms with E-state index < -0.39 is 11.5 Å². The van der Waals surface area contributed by atoms with Gasteiger partial charge in [-0.3, -0.25) is 4.79 Å². The lowest BCUT2D eigenvalue weighted by Crippen LogP contribution is -2.52. The summed E-state index contributed by atoms with van der Waals surface area (Å²) in [6.45, 7) is 8.54. The fraction of sp³-hybridized carbons (Fsp3) is 0.600. The van der Waals surface area contributed by atoms with Crippen LogP contribution in [0.1, 0.15) is 27.2 Å². The Morgan fingerprint density at radius 1 is 1.57 bits per heavy atom. The minimum atomic E-state index is -0.996. The maximum absolute atomic E-state index is 11.5. The van der Waals surface area contributed by atoms with Crippen molar-refractivity contribution in [2.24, 2.45) is 0 Å². The van der Waals surface area contributed by atoms with Gasteiger partial charge >= 0.3 is 5.97 Å². The number of ether oxygens (including phenoxy) is 1. The molecule has 0 aliphatic heterocycles. The van der Waals surface area contributed by atoms with Crippen molar-refractivity contribution < 1.29 is 14.3 Å². The minimum Gasteiger partial charge on any atom is -0.464 e. The van der Waals surface area contributed by atoms with Crippen LogP contribution >= 0.6 is 0 Å². The third-order valence-electron chi connectivity index (χ3n) is 1.73. The Kier molecular flexibility index (Phi) is 4.91. The van der Waals surface area contributed by atoms with Gasteiger partial charge < -0.3 is 10.1 Å². The number of esters is 1. The van der Waals surface area contributed by atoms with Crippen LogP contribution < -0.4 is 5.32 Å². The second kappa shape index (κ2) is 5.42. The van der Waals surface area contributed by atoms with E-state index in [1.54, 1.807) is 19.9 Å². The van der Waals surface area contributed by atoms with Gasteiger partial charge in [0.2, 0.25) is 5.91 Å². The van der Waals surface area contributed by atoms with Crippen LogP contribution in [0.15, 0.2) is 12.7 Å². The largest absolute Gasteiger partial charge is 0.464 e. The van der Waals surface area contributed by atoms with Gasteiger partial charge in [-0.25, -0.2) is 4.79 Å². The van der Waals surface area contributed by atoms with Crippen molar-refractivity contribution in [1.82, 2.24) is 5.32 Å². The first-order valence-corrected chi connectivity index (χ1v) is 4.53. The molecule has 0 bridgehead atoms. The molecule has 1 amide bonds. The molecule has 14 heavy (non-hydrogen) atoms. The molecule has 0 heterocycles. The normalized spacial score (nSPS) is 13.9. The standard InChI is InChI=1S/C10H17NO3/c1-5-7-10(4,11-8(3)12)9(13)14-6-2/h5H,1,6-7H2,2-4H3,(H,11,12). The Morgan fingerprint density at radius 3 is 2.50 bits per heavy atom. The molecule has 0 spiro atoms. The van der Waals surface area contributed by atoms with E-state index in [2.05, 4.69) is 11.9 Å². The van der Waals surface area contributed by atoms with Gasteiger partial charge in [-0.2, -0.15) is 0 Å². The average molecular weight is 199 g/mol. The predicted octanol–water partition coefficient (Wildman–Crippen LogP) is 1.02. The van der Waals surface area contributed by atoms with Crippen LogP contribution in [-0.2, 0) is 14.3 Å². The van der Waals surface area contributed by atoms with Gasteiger partial charge in [0.25, 0.3) is 0 Å². The summed E-state index contributed by atoms with van der Waals surface area (Å²) in [5, 5.41) is 2.56. The molecule has 1 atom stereocenters. The summed E-state index contributed by atoms with van der Waals surface area (Å²) in [7, 11) is 0. The summed E-state index contributed by atoms with van der Waals surface area (Å²) in [6, 6.07) is 0. The number of amides is 1. The summed E-state index contributed by atoms with van der Waals surface area (Å²) in [4.78, 5) is 22.4. The summed E-state index contributed by atoms with van der Waals surface area (Å²) in [5.74, 6) is -0.697. The summed E-state index contributed by atoms with van der Waals surface area (Å²) >= 11 is 0. The van der Waals surface area contributed by atoms with Gasteiger partial charge in [0, 0.05) is 6.92 Å². The lowest BCUT2D eigenvalue weighted by molar-refractivity contribution is -0.152. The Labute approximate surface area is 84.3 Å². The van der Waals surface area contributed by atoms with Crippen molar-refractivity contribution in [2.75, 3.05) is 6.61 Å². The van der Waals surface area contributed by atoms with Crippen LogP contribution in [0.4, 0.5) is 0 Å². The lowest BCUT2D eigenvalue weighted by atomic mass is 9.98. The zero-order valence-corrected chi connectivity index (χ0v) is 8.92. The van der Waals surface area contributed by atoms with Gasteiger partial charge in [-0.15, -0.1) is 6.58 Å². The van der Waals surface area contributed by atoms with Gasteiger partial charge in [0.15, 0.2) is 0 Å². The van der Waals surface area contributed by atoms with E-state index in [0.717, 1.165) is 0 Å². The zero-order chi connectivity index (χ0) is 11.2. The maximum atomic E-state index is 11.5. The highest BCUT2D eigenvalue weighted by atomic mass is 16.5. The van der Waals surface area contributed by atoms with Crippen LogP contribution in [0.5, 0.6) is 0 Å². The highest BCUT2D eigenvalue weighted by Crippen LogP contribution is 2.12. The van der Waals surface area contributed by atoms with Gasteiger partial charge in [0.1, 0.15) is 5.54 Å². The fourth-order valence-corrected chi connectivity index (χ4v) is 1.15. The van der Waals surface area contributed by atoms with E-state index in [0.29, 0.717) is 13.0 Å². The molecular formula is C10H17NO3. The van der Waals surface area contributed by atoms with Crippen molar-refractivity contribution in [3.05, 3.63) is 12.7 Å². The smallest absolute Gasteiger partial charge is 0.331 e. The molecule has 0 radical (unpaired) electrons. The molecule has 0 aromatic rings. The second-order valence-corrected chi connectivity index (χ2v) is 3.23. The van der Waals surface area contributed by atoms with Gasteiger partial charge in [-0.1, -0.05) is 6.08 Å². The van der Waals surface area contributed by atoms with Gasteiger partial charge in [-0.05, 0) is 20.3 Å². The first kappa shape index (κ1) is 12.7. The maximum Gasteiger partial charge on any atom is 0.331 e. The molecule has 0 saturated carbocycles. The van der Waals surface area contributed by atoms with Crippen molar-refractivity contribution in [2.45, 2.75) is 32.7 Å². The van der Waals surface area contributed by atoms with Crippen molar-refractivity contribution in [1.29, 1.82) is 0 Å². The molecule has 80 valence electrons. The van der Waals surface area contributed by atoms with Gasteiger partial charge in [0.05, 0.1) is 6.61 Å². The minimum absolute atomic E-state index is 0.262. The predicted molar refractivity (Wildman–Crippen MR) is 53.7 cm³/mol. The monoisotopic (exact) mass is 199 g/mol. The second-order valence-electron chi connectivity index (χ2n) is 3.23. The topological polar surface area (TPSA) is 55.4 Å². The van der Waals surface area contributed by atoms with Crippen LogP contribution in [0.2, 0.25) is 0 Å². The highest BCUT2D eigenvalue weighted by molar-refractivity contribution is 5.86. The third-order valence-corrected chi connectivity index (χ3v) is 1.73. The number of carbonyl (C=O) groups excluding carboxylic acids is 2. The van der Waals surface area contributed by atoms with E-state index in [1.807, 2.05) is 0 Å². The summed E-state index contributed by atoms with van der Waals surface area (Å²) in [5.41, 5.74) is -0.996. The molecule has 0 aromatic carbocycles. The average Bonchev–Trinajstić information content (AvgIpc) is 2.03. The summed E-state index contributed by atoms with van der Waals surface area (Å²) < 4.78 is 4.86. The zero-order valence-electron chi connectivity index (χ0n) is 8.92. The number of hydrogen-bond donors (Lipinski definition) is 1. The molecule has 4 heteroatoms. The molecule has 0 fully saturated rings. The molecule has 0 rings (SSSR count).